The molecule has 5 heteroatoms. The zero-order valence-electron chi connectivity index (χ0n) is 10.3. The quantitative estimate of drug-likeness (QED) is 0.924. The van der Waals surface area contributed by atoms with Gasteiger partial charge in [-0.25, -0.2) is 0 Å². The predicted molar refractivity (Wildman–Crippen MR) is 73.1 cm³/mol. The van der Waals surface area contributed by atoms with E-state index >= 15 is 0 Å². The van der Waals surface area contributed by atoms with E-state index in [0.717, 1.165) is 16.6 Å². The second-order valence-electron chi connectivity index (χ2n) is 4.49. The van der Waals surface area contributed by atoms with Crippen LogP contribution in [0.4, 0.5) is 0 Å². The average molecular weight is 313 g/mol. The minimum absolute atomic E-state index is 0.00181. The minimum atomic E-state index is -0.287. The van der Waals surface area contributed by atoms with E-state index < -0.39 is 0 Å². The molecular weight excluding hydrogens is 296 g/mol. The van der Waals surface area contributed by atoms with E-state index in [1.54, 1.807) is 0 Å². The molecular formula is C13H17BrN2O2. The van der Waals surface area contributed by atoms with Crippen molar-refractivity contribution in [1.82, 2.24) is 4.90 Å². The molecule has 1 fully saturated rings. The summed E-state index contributed by atoms with van der Waals surface area (Å²) in [6.45, 7) is 3.90. The van der Waals surface area contributed by atoms with Crippen molar-refractivity contribution >= 4 is 21.8 Å². The highest BCUT2D eigenvalue weighted by molar-refractivity contribution is 9.10. The van der Waals surface area contributed by atoms with Crippen molar-refractivity contribution < 1.29 is 9.53 Å². The molecule has 0 spiro atoms. The lowest BCUT2D eigenvalue weighted by Gasteiger charge is -2.35. The van der Waals surface area contributed by atoms with E-state index in [1.165, 1.54) is 0 Å². The Hall–Kier alpha value is -0.910. The van der Waals surface area contributed by atoms with Crippen molar-refractivity contribution in [2.75, 3.05) is 19.7 Å². The molecule has 1 aliphatic rings. The van der Waals surface area contributed by atoms with Gasteiger partial charge in [-0.05, 0) is 24.6 Å². The first kappa shape index (κ1) is 13.5. The largest absolute Gasteiger partial charge is 0.371 e. The molecule has 18 heavy (non-hydrogen) atoms. The summed E-state index contributed by atoms with van der Waals surface area (Å²) in [6.07, 6.45) is -0.00181. The predicted octanol–water partition coefficient (Wildman–Crippen LogP) is 1.70. The van der Waals surface area contributed by atoms with Gasteiger partial charge >= 0.3 is 0 Å². The molecule has 1 amide bonds. The molecule has 0 radical (unpaired) electrons. The SMILES string of the molecule is CC(C(N)=O)N1CCOC(c2cccc(Br)c2)C1. The van der Waals surface area contributed by atoms with Gasteiger partial charge in [0.25, 0.3) is 0 Å². The lowest BCUT2D eigenvalue weighted by Crippen LogP contribution is -2.48. The lowest BCUT2D eigenvalue weighted by atomic mass is 10.1. The van der Waals surface area contributed by atoms with Crippen molar-refractivity contribution in [1.29, 1.82) is 0 Å². The number of carbonyl (C=O) groups is 1. The molecule has 2 unspecified atom stereocenters. The Bertz CT molecular complexity index is 439. The molecule has 2 rings (SSSR count). The molecule has 2 atom stereocenters. The monoisotopic (exact) mass is 312 g/mol. The summed E-state index contributed by atoms with van der Waals surface area (Å²) in [5.41, 5.74) is 6.46. The Morgan fingerprint density at radius 2 is 2.39 bits per heavy atom. The highest BCUT2D eigenvalue weighted by Gasteiger charge is 2.27. The molecule has 1 heterocycles. The molecule has 4 nitrogen and oxygen atoms in total. The number of amides is 1. The van der Waals surface area contributed by atoms with Crippen LogP contribution in [0.25, 0.3) is 0 Å². The molecule has 98 valence electrons. The van der Waals surface area contributed by atoms with Gasteiger partial charge in [-0.1, -0.05) is 28.1 Å². The third-order valence-electron chi connectivity index (χ3n) is 3.28. The van der Waals surface area contributed by atoms with Gasteiger partial charge in [0.05, 0.1) is 18.8 Å². The van der Waals surface area contributed by atoms with Crippen LogP contribution in [0, 0.1) is 0 Å². The standard InChI is InChI=1S/C13H17BrN2O2/c1-9(13(15)17)16-5-6-18-12(8-16)10-3-2-4-11(14)7-10/h2-4,7,9,12H,5-6,8H2,1H3,(H2,15,17). The molecule has 1 aromatic carbocycles. The van der Waals surface area contributed by atoms with Gasteiger partial charge in [-0.3, -0.25) is 9.69 Å². The van der Waals surface area contributed by atoms with Gasteiger partial charge in [0.15, 0.2) is 0 Å². The Morgan fingerprint density at radius 3 is 3.06 bits per heavy atom. The number of benzene rings is 1. The Kier molecular flexibility index (Phi) is 4.37. The van der Waals surface area contributed by atoms with Crippen molar-refractivity contribution in [3.8, 4) is 0 Å². The number of carbonyl (C=O) groups excluding carboxylic acids is 1. The molecule has 1 aromatic rings. The van der Waals surface area contributed by atoms with Crippen molar-refractivity contribution in [3.63, 3.8) is 0 Å². The van der Waals surface area contributed by atoms with Gasteiger partial charge in [0.1, 0.15) is 0 Å². The number of nitrogens with two attached hydrogens (primary N) is 1. The summed E-state index contributed by atoms with van der Waals surface area (Å²) in [4.78, 5) is 13.3. The number of halogens is 1. The fraction of sp³-hybridized carbons (Fsp3) is 0.462. The van der Waals surface area contributed by atoms with Crippen LogP contribution in [0.3, 0.4) is 0 Å². The zero-order valence-corrected chi connectivity index (χ0v) is 11.9. The summed E-state index contributed by atoms with van der Waals surface area (Å²) < 4.78 is 6.80. The normalized spacial score (nSPS) is 22.7. The van der Waals surface area contributed by atoms with E-state index in [-0.39, 0.29) is 18.1 Å². The second-order valence-corrected chi connectivity index (χ2v) is 5.40. The van der Waals surface area contributed by atoms with Gasteiger partial charge in [0, 0.05) is 17.6 Å². The van der Waals surface area contributed by atoms with Gasteiger partial charge in [-0.15, -0.1) is 0 Å². The summed E-state index contributed by atoms with van der Waals surface area (Å²) in [6, 6.07) is 7.80. The van der Waals surface area contributed by atoms with Crippen molar-refractivity contribution in [2.24, 2.45) is 5.73 Å². The molecule has 0 bridgehead atoms. The van der Waals surface area contributed by atoms with Crippen LogP contribution < -0.4 is 5.73 Å². The summed E-state index contributed by atoms with van der Waals surface area (Å²) in [7, 11) is 0. The van der Waals surface area contributed by atoms with E-state index in [4.69, 9.17) is 10.5 Å². The summed E-state index contributed by atoms with van der Waals surface area (Å²) >= 11 is 3.45. The molecule has 1 saturated heterocycles. The highest BCUT2D eigenvalue weighted by Crippen LogP contribution is 2.25. The third-order valence-corrected chi connectivity index (χ3v) is 3.77. The van der Waals surface area contributed by atoms with Crippen LogP contribution in [0.1, 0.15) is 18.6 Å². The smallest absolute Gasteiger partial charge is 0.234 e. The minimum Gasteiger partial charge on any atom is -0.371 e. The molecule has 0 aromatic heterocycles. The van der Waals surface area contributed by atoms with Crippen LogP contribution in [-0.2, 0) is 9.53 Å². The Labute approximate surface area is 115 Å². The molecule has 1 aliphatic heterocycles. The van der Waals surface area contributed by atoms with E-state index in [2.05, 4.69) is 20.8 Å². The average Bonchev–Trinajstić information content (AvgIpc) is 2.38. The Morgan fingerprint density at radius 1 is 1.61 bits per heavy atom. The van der Waals surface area contributed by atoms with E-state index in [1.807, 2.05) is 31.2 Å². The number of ether oxygens (including phenoxy) is 1. The molecule has 2 N–H and O–H groups in total. The summed E-state index contributed by atoms with van der Waals surface area (Å²) in [5.74, 6) is -0.287. The zero-order chi connectivity index (χ0) is 13.1. The first-order valence-corrected chi connectivity index (χ1v) is 6.77. The van der Waals surface area contributed by atoms with Gasteiger partial charge in [0.2, 0.25) is 5.91 Å². The molecule has 0 aliphatic carbocycles. The first-order valence-electron chi connectivity index (χ1n) is 5.98. The Balaban J connectivity index is 2.09. The highest BCUT2D eigenvalue weighted by atomic mass is 79.9. The van der Waals surface area contributed by atoms with Crippen LogP contribution in [0.2, 0.25) is 0 Å². The number of hydrogen-bond acceptors (Lipinski definition) is 3. The topological polar surface area (TPSA) is 55.6 Å². The van der Waals surface area contributed by atoms with Crippen LogP contribution in [0.15, 0.2) is 28.7 Å². The van der Waals surface area contributed by atoms with Gasteiger partial charge in [-0.2, -0.15) is 0 Å². The fourth-order valence-electron chi connectivity index (χ4n) is 2.11. The van der Waals surface area contributed by atoms with Crippen LogP contribution in [0.5, 0.6) is 0 Å². The van der Waals surface area contributed by atoms with E-state index in [0.29, 0.717) is 13.2 Å². The fourth-order valence-corrected chi connectivity index (χ4v) is 2.53. The number of nitrogens with zero attached hydrogens (tertiary/aromatic N) is 1. The maximum Gasteiger partial charge on any atom is 0.234 e. The van der Waals surface area contributed by atoms with Crippen LogP contribution in [-0.4, -0.2) is 36.5 Å². The maximum atomic E-state index is 11.2. The number of primary amides is 1. The molecule has 0 saturated carbocycles. The number of hydrogen-bond donors (Lipinski definition) is 1. The van der Waals surface area contributed by atoms with Crippen molar-refractivity contribution in [3.05, 3.63) is 34.3 Å². The third kappa shape index (κ3) is 3.10. The van der Waals surface area contributed by atoms with Crippen molar-refractivity contribution in [2.45, 2.75) is 19.1 Å². The van der Waals surface area contributed by atoms with Crippen LogP contribution >= 0.6 is 15.9 Å². The second kappa shape index (κ2) is 5.82. The maximum absolute atomic E-state index is 11.2. The van der Waals surface area contributed by atoms with E-state index in [9.17, 15) is 4.79 Å². The lowest BCUT2D eigenvalue weighted by molar-refractivity contribution is -0.126. The first-order chi connectivity index (χ1) is 8.58. The number of morpholine rings is 1. The number of rotatable bonds is 3. The summed E-state index contributed by atoms with van der Waals surface area (Å²) in [5, 5.41) is 0. The van der Waals surface area contributed by atoms with Gasteiger partial charge < -0.3 is 10.5 Å².